The van der Waals surface area contributed by atoms with Crippen molar-refractivity contribution in [2.45, 2.75) is 25.9 Å². The number of amides is 1. The van der Waals surface area contributed by atoms with Crippen LogP contribution >= 0.6 is 19.1 Å². The summed E-state index contributed by atoms with van der Waals surface area (Å²) in [6, 6.07) is 21.8. The average molecular weight is 606 g/mol. The summed E-state index contributed by atoms with van der Waals surface area (Å²) in [7, 11) is 9.63. The van der Waals surface area contributed by atoms with E-state index in [1.807, 2.05) is 30.3 Å². The van der Waals surface area contributed by atoms with Crippen molar-refractivity contribution in [2.24, 2.45) is 5.73 Å². The second-order valence-corrected chi connectivity index (χ2v) is 10.2. The molecule has 1 saturated heterocycles. The van der Waals surface area contributed by atoms with Gasteiger partial charge in [-0.25, -0.2) is 4.98 Å². The summed E-state index contributed by atoms with van der Waals surface area (Å²) in [6.45, 7) is 5.16. The molecule has 3 heterocycles. The number of anilines is 1. The molecule has 1 aliphatic heterocycles. The van der Waals surface area contributed by atoms with Crippen molar-refractivity contribution in [3.8, 4) is 0 Å². The van der Waals surface area contributed by atoms with Gasteiger partial charge in [-0.05, 0) is 44.0 Å². The standard InChI is InChI=1S/C13H9N3O.C13H19NO.2ClH.Pd/c14-13(17)10-6-5-9-4-3-8-2-1-7-15-11(8)12(9)16-10;1-2-15-13-8-10-14(11-9-13)12-6-4-3-5-7-12;;;/h1-7H,(H2,14,17);3-7,13H,2,8-11H2,1H3;2*1H;/q;;;;+2/p-2. The SMILES string of the molecule is CCOC1CCN(c2ccccc2)CC1.NC(=O)c1ccc2ccc3cccnc3c2n1.[Cl][Pd][Cl]. The van der Waals surface area contributed by atoms with Gasteiger partial charge in [-0.1, -0.05) is 42.5 Å². The summed E-state index contributed by atoms with van der Waals surface area (Å²) < 4.78 is 5.64. The zero-order valence-corrected chi connectivity index (χ0v) is 22.4. The van der Waals surface area contributed by atoms with Gasteiger partial charge in [0.1, 0.15) is 5.69 Å². The van der Waals surface area contributed by atoms with E-state index in [1.165, 1.54) is 5.69 Å². The Morgan fingerprint density at radius 1 is 1.00 bits per heavy atom. The Morgan fingerprint density at radius 2 is 1.63 bits per heavy atom. The molecule has 0 unspecified atom stereocenters. The van der Waals surface area contributed by atoms with Crippen LogP contribution < -0.4 is 10.6 Å². The molecule has 0 aliphatic carbocycles. The number of piperidine rings is 1. The van der Waals surface area contributed by atoms with Crippen molar-refractivity contribution in [1.29, 1.82) is 0 Å². The first-order valence-corrected chi connectivity index (χ1v) is 15.3. The van der Waals surface area contributed by atoms with Crippen LogP contribution in [0, 0.1) is 0 Å². The molecule has 0 radical (unpaired) electrons. The Labute approximate surface area is 221 Å². The maximum absolute atomic E-state index is 11.1. The number of halogens is 2. The van der Waals surface area contributed by atoms with Gasteiger partial charge in [-0.15, -0.1) is 0 Å². The number of rotatable bonds is 4. The van der Waals surface area contributed by atoms with Gasteiger partial charge in [-0.2, -0.15) is 0 Å². The fourth-order valence-corrected chi connectivity index (χ4v) is 4.02. The quantitative estimate of drug-likeness (QED) is 0.230. The number of pyridine rings is 2. The second kappa shape index (κ2) is 14.3. The number of benzene rings is 2. The summed E-state index contributed by atoms with van der Waals surface area (Å²) in [5, 5.41) is 1.94. The van der Waals surface area contributed by atoms with Crippen LogP contribution in [0.1, 0.15) is 30.3 Å². The van der Waals surface area contributed by atoms with E-state index < -0.39 is 5.91 Å². The van der Waals surface area contributed by atoms with E-state index in [0.29, 0.717) is 11.6 Å². The molecule has 2 aromatic carbocycles. The minimum absolute atomic E-state index is 0.106. The number of hydrogen-bond acceptors (Lipinski definition) is 5. The van der Waals surface area contributed by atoms with E-state index in [2.05, 4.69) is 52.1 Å². The van der Waals surface area contributed by atoms with Crippen molar-refractivity contribution >= 4 is 52.5 Å². The Hall–Kier alpha value is -2.27. The molecule has 188 valence electrons. The zero-order chi connectivity index (χ0) is 25.0. The predicted octanol–water partition coefficient (Wildman–Crippen LogP) is 5.95. The molecule has 0 saturated carbocycles. The van der Waals surface area contributed by atoms with Crippen LogP contribution in [-0.2, 0) is 20.7 Å². The number of ether oxygens (including phenoxy) is 1. The summed E-state index contributed by atoms with van der Waals surface area (Å²) in [4.78, 5) is 22.1. The molecule has 5 rings (SSSR count). The molecule has 0 spiro atoms. The van der Waals surface area contributed by atoms with E-state index in [4.69, 9.17) is 29.5 Å². The molecule has 1 aliphatic rings. The van der Waals surface area contributed by atoms with Crippen molar-refractivity contribution < 1.29 is 25.5 Å². The van der Waals surface area contributed by atoms with Gasteiger partial charge in [0.05, 0.1) is 17.1 Å². The number of carbonyl (C=O) groups is 1. The zero-order valence-electron chi connectivity index (χ0n) is 19.3. The monoisotopic (exact) mass is 604 g/mol. The molecule has 2 N–H and O–H groups in total. The van der Waals surface area contributed by atoms with Crippen LogP contribution in [0.5, 0.6) is 0 Å². The normalized spacial score (nSPS) is 13.6. The molecule has 0 bridgehead atoms. The third-order valence-corrected chi connectivity index (χ3v) is 5.65. The third-order valence-electron chi connectivity index (χ3n) is 5.65. The molecule has 6 nitrogen and oxygen atoms in total. The van der Waals surface area contributed by atoms with Crippen LogP contribution in [0.4, 0.5) is 5.69 Å². The van der Waals surface area contributed by atoms with E-state index in [9.17, 15) is 4.79 Å². The average Bonchev–Trinajstić information content (AvgIpc) is 2.90. The van der Waals surface area contributed by atoms with E-state index in [0.717, 1.165) is 48.8 Å². The summed E-state index contributed by atoms with van der Waals surface area (Å²) in [5.41, 5.74) is 8.32. The van der Waals surface area contributed by atoms with Gasteiger partial charge in [0.2, 0.25) is 0 Å². The number of hydrogen-bond donors (Lipinski definition) is 1. The molecule has 1 fully saturated rings. The van der Waals surface area contributed by atoms with Crippen molar-refractivity contribution in [3.05, 3.63) is 78.6 Å². The molecule has 4 aromatic rings. The fourth-order valence-electron chi connectivity index (χ4n) is 4.02. The van der Waals surface area contributed by atoms with Crippen LogP contribution in [0.2, 0.25) is 0 Å². The number of aromatic nitrogens is 2. The summed E-state index contributed by atoms with van der Waals surface area (Å²) in [6.07, 6.45) is 4.50. The number of carbonyl (C=O) groups excluding carboxylic acids is 1. The van der Waals surface area contributed by atoms with Gasteiger partial charge < -0.3 is 15.4 Å². The Morgan fingerprint density at radius 3 is 2.26 bits per heavy atom. The topological polar surface area (TPSA) is 81.3 Å². The molecular formula is C26H28Cl2N4O2Pd. The Balaban J connectivity index is 0.000000177. The second-order valence-electron chi connectivity index (χ2n) is 7.80. The molecule has 0 atom stereocenters. The van der Waals surface area contributed by atoms with Gasteiger partial charge in [0.25, 0.3) is 5.91 Å². The maximum atomic E-state index is 11.1. The molecule has 1 amide bonds. The van der Waals surface area contributed by atoms with Crippen LogP contribution in [-0.4, -0.2) is 41.7 Å². The van der Waals surface area contributed by atoms with E-state index in [-0.39, 0.29) is 21.6 Å². The van der Waals surface area contributed by atoms with E-state index >= 15 is 0 Å². The van der Waals surface area contributed by atoms with Crippen LogP contribution in [0.15, 0.2) is 72.9 Å². The summed E-state index contributed by atoms with van der Waals surface area (Å²) >= 11 is -0.106. The molecule has 2 aromatic heterocycles. The third kappa shape index (κ3) is 7.86. The fraction of sp³-hybridized carbons (Fsp3) is 0.269. The van der Waals surface area contributed by atoms with Crippen LogP contribution in [0.25, 0.3) is 21.8 Å². The van der Waals surface area contributed by atoms with Gasteiger partial charge in [0, 0.05) is 42.4 Å². The first-order valence-electron chi connectivity index (χ1n) is 11.3. The first kappa shape index (κ1) is 27.3. The van der Waals surface area contributed by atoms with Gasteiger partial charge >= 0.3 is 35.0 Å². The number of primary amides is 1. The summed E-state index contributed by atoms with van der Waals surface area (Å²) in [5.74, 6) is -0.528. The molecular weight excluding hydrogens is 578 g/mol. The number of nitrogens with two attached hydrogens (primary N) is 1. The van der Waals surface area contributed by atoms with Crippen molar-refractivity contribution in [1.82, 2.24) is 9.97 Å². The molecule has 35 heavy (non-hydrogen) atoms. The van der Waals surface area contributed by atoms with Crippen molar-refractivity contribution in [3.63, 3.8) is 0 Å². The van der Waals surface area contributed by atoms with Crippen molar-refractivity contribution in [2.75, 3.05) is 24.6 Å². The molecule has 9 heteroatoms. The van der Waals surface area contributed by atoms with Gasteiger partial charge in [-0.3, -0.25) is 9.78 Å². The minimum atomic E-state index is -0.528. The number of para-hydroxylation sites is 1. The Bertz CT molecular complexity index is 1220. The number of nitrogens with zero attached hydrogens (tertiary/aromatic N) is 3. The number of fused-ring (bicyclic) bond motifs is 3. The van der Waals surface area contributed by atoms with E-state index in [1.54, 1.807) is 12.3 Å². The van der Waals surface area contributed by atoms with Crippen LogP contribution in [0.3, 0.4) is 0 Å². The first-order chi connectivity index (χ1) is 17.1. The van der Waals surface area contributed by atoms with Gasteiger partial charge in [0.15, 0.2) is 0 Å². The Kier molecular flexibility index (Phi) is 11.2. The predicted molar refractivity (Wildman–Crippen MR) is 141 cm³/mol.